The molecule has 0 spiro atoms. The molecule has 1 aliphatic rings. The Kier molecular flexibility index (Phi) is 6.36. The molecule has 1 saturated carbocycles. The predicted octanol–water partition coefficient (Wildman–Crippen LogP) is 5.74. The molecule has 2 heteroatoms. The van der Waals surface area contributed by atoms with Gasteiger partial charge in [-0.2, -0.15) is 0 Å². The first-order valence-electron chi connectivity index (χ1n) is 8.28. The standard InChI is InChI=1S/C17H35BS/c1-7-8-17(5,6)11-13-9-14(12-16(2,3)4)15(10-13)18-19/h13-15,18-19H,7-12H2,1-6H3. The molecule has 0 N–H and O–H groups in total. The average Bonchev–Trinajstić information content (AvgIpc) is 2.56. The number of hydrogen-bond donors (Lipinski definition) is 1. The van der Waals surface area contributed by atoms with E-state index < -0.39 is 0 Å². The van der Waals surface area contributed by atoms with E-state index in [1.807, 2.05) is 0 Å². The summed E-state index contributed by atoms with van der Waals surface area (Å²) in [6, 6.07) is 0. The van der Waals surface area contributed by atoms with E-state index in [9.17, 15) is 0 Å². The second-order valence-corrected chi connectivity index (χ2v) is 9.29. The second-order valence-electron chi connectivity index (χ2n) is 8.92. The molecule has 0 aromatic carbocycles. The van der Waals surface area contributed by atoms with Gasteiger partial charge < -0.3 is 0 Å². The van der Waals surface area contributed by atoms with Crippen LogP contribution in [0.1, 0.15) is 80.1 Å². The van der Waals surface area contributed by atoms with Crippen LogP contribution in [0.3, 0.4) is 0 Å². The van der Waals surface area contributed by atoms with Crippen molar-refractivity contribution in [3.05, 3.63) is 0 Å². The van der Waals surface area contributed by atoms with Gasteiger partial charge in [-0.3, -0.25) is 0 Å². The van der Waals surface area contributed by atoms with Gasteiger partial charge in [0, 0.05) is 0 Å². The van der Waals surface area contributed by atoms with Gasteiger partial charge in [-0.05, 0) is 48.3 Å². The Morgan fingerprint density at radius 2 is 1.68 bits per heavy atom. The molecule has 0 nitrogen and oxygen atoms in total. The van der Waals surface area contributed by atoms with E-state index in [0.717, 1.165) is 24.2 Å². The fourth-order valence-corrected chi connectivity index (χ4v) is 4.77. The van der Waals surface area contributed by atoms with Crippen molar-refractivity contribution < 1.29 is 0 Å². The second kappa shape index (κ2) is 6.92. The molecule has 1 aliphatic carbocycles. The molecule has 0 aromatic rings. The quantitative estimate of drug-likeness (QED) is 0.466. The first kappa shape index (κ1) is 17.5. The first-order valence-corrected chi connectivity index (χ1v) is 8.91. The van der Waals surface area contributed by atoms with Crippen LogP contribution < -0.4 is 0 Å². The molecule has 0 aromatic heterocycles. The predicted molar refractivity (Wildman–Crippen MR) is 93.5 cm³/mol. The van der Waals surface area contributed by atoms with Crippen LogP contribution in [-0.2, 0) is 0 Å². The van der Waals surface area contributed by atoms with Gasteiger partial charge >= 0.3 is 0 Å². The summed E-state index contributed by atoms with van der Waals surface area (Å²) in [5.74, 6) is 2.73. The van der Waals surface area contributed by atoms with Gasteiger partial charge in [-0.15, -0.1) is 0 Å². The maximum absolute atomic E-state index is 4.62. The minimum Gasteiger partial charge on any atom is -0.231 e. The molecule has 1 fully saturated rings. The van der Waals surface area contributed by atoms with Crippen LogP contribution >= 0.6 is 12.5 Å². The Labute approximate surface area is 128 Å². The number of thiol groups is 1. The highest BCUT2D eigenvalue weighted by Gasteiger charge is 2.37. The summed E-state index contributed by atoms with van der Waals surface area (Å²) < 4.78 is 0. The first-order chi connectivity index (χ1) is 8.67. The van der Waals surface area contributed by atoms with Crippen LogP contribution in [0.15, 0.2) is 0 Å². The van der Waals surface area contributed by atoms with Gasteiger partial charge in [0.25, 0.3) is 0 Å². The molecule has 3 unspecified atom stereocenters. The van der Waals surface area contributed by atoms with Crippen molar-refractivity contribution in [2.75, 3.05) is 0 Å². The Morgan fingerprint density at radius 1 is 1.05 bits per heavy atom. The third-order valence-corrected chi connectivity index (χ3v) is 5.28. The molecular formula is C17H35BS. The van der Waals surface area contributed by atoms with Crippen LogP contribution in [0.25, 0.3) is 0 Å². The van der Waals surface area contributed by atoms with Crippen molar-refractivity contribution >= 4 is 19.0 Å². The molecule has 0 aliphatic heterocycles. The van der Waals surface area contributed by atoms with E-state index in [0.29, 0.717) is 10.8 Å². The third kappa shape index (κ3) is 6.15. The Morgan fingerprint density at radius 3 is 2.16 bits per heavy atom. The summed E-state index contributed by atoms with van der Waals surface area (Å²) in [5, 5.41) is 0. The summed E-state index contributed by atoms with van der Waals surface area (Å²) in [7, 11) is 0. The normalized spacial score (nSPS) is 28.7. The zero-order valence-corrected chi connectivity index (χ0v) is 15.0. The Hall–Kier alpha value is 0.415. The van der Waals surface area contributed by atoms with Crippen molar-refractivity contribution in [2.45, 2.75) is 85.9 Å². The summed E-state index contributed by atoms with van der Waals surface area (Å²) >= 11 is 4.62. The SMILES string of the molecule is CCCC(C)(C)CC1CC(BS)C(CC(C)(C)C)C1. The molecule has 1 rings (SSSR count). The molecule has 0 radical (unpaired) electrons. The maximum Gasteiger partial charge on any atom is 0.190 e. The molecule has 0 amide bonds. The summed E-state index contributed by atoms with van der Waals surface area (Å²) in [6.45, 7) is 15.5. The lowest BCUT2D eigenvalue weighted by molar-refractivity contribution is 0.235. The topological polar surface area (TPSA) is 0 Å². The van der Waals surface area contributed by atoms with E-state index >= 15 is 0 Å². The lowest BCUT2D eigenvalue weighted by Crippen LogP contribution is -2.16. The summed E-state index contributed by atoms with van der Waals surface area (Å²) in [6.07, 6.45) is 8.38. The monoisotopic (exact) mass is 282 g/mol. The zero-order valence-electron chi connectivity index (χ0n) is 14.1. The highest BCUT2D eigenvalue weighted by molar-refractivity contribution is 8.07. The van der Waals surface area contributed by atoms with Gasteiger partial charge in [-0.1, -0.05) is 60.2 Å². The van der Waals surface area contributed by atoms with Gasteiger partial charge in [0.2, 0.25) is 0 Å². The van der Waals surface area contributed by atoms with E-state index in [2.05, 4.69) is 54.0 Å². The van der Waals surface area contributed by atoms with Crippen LogP contribution in [0.5, 0.6) is 0 Å². The minimum atomic E-state index is 0.472. The highest BCUT2D eigenvalue weighted by atomic mass is 32.1. The maximum atomic E-state index is 4.62. The van der Waals surface area contributed by atoms with E-state index in [4.69, 9.17) is 0 Å². The van der Waals surface area contributed by atoms with Crippen molar-refractivity contribution in [1.82, 2.24) is 0 Å². The lowest BCUT2D eigenvalue weighted by atomic mass is 9.71. The molecule has 0 heterocycles. The van der Waals surface area contributed by atoms with Crippen molar-refractivity contribution in [3.63, 3.8) is 0 Å². The van der Waals surface area contributed by atoms with E-state index in [1.54, 1.807) is 0 Å². The highest BCUT2D eigenvalue weighted by Crippen LogP contribution is 2.49. The van der Waals surface area contributed by atoms with Crippen LogP contribution in [0.2, 0.25) is 5.82 Å². The zero-order chi connectivity index (χ0) is 14.7. The van der Waals surface area contributed by atoms with Crippen molar-refractivity contribution in [2.24, 2.45) is 22.7 Å². The van der Waals surface area contributed by atoms with Crippen LogP contribution in [0.4, 0.5) is 0 Å². The number of rotatable bonds is 6. The van der Waals surface area contributed by atoms with Gasteiger partial charge in [0.15, 0.2) is 6.56 Å². The molecule has 0 bridgehead atoms. The van der Waals surface area contributed by atoms with Crippen molar-refractivity contribution in [3.8, 4) is 0 Å². The fraction of sp³-hybridized carbons (Fsp3) is 1.00. The van der Waals surface area contributed by atoms with Gasteiger partial charge in [0.1, 0.15) is 0 Å². The van der Waals surface area contributed by atoms with Crippen molar-refractivity contribution in [1.29, 1.82) is 0 Å². The molecule has 0 saturated heterocycles. The Balaban J connectivity index is 2.56. The lowest BCUT2D eigenvalue weighted by Gasteiger charge is -2.28. The largest absolute Gasteiger partial charge is 0.231 e. The fourth-order valence-electron chi connectivity index (χ4n) is 4.32. The molecule has 112 valence electrons. The van der Waals surface area contributed by atoms with Gasteiger partial charge in [-0.25, -0.2) is 12.5 Å². The minimum absolute atomic E-state index is 0.472. The summed E-state index contributed by atoms with van der Waals surface area (Å²) in [4.78, 5) is 0. The third-order valence-electron chi connectivity index (χ3n) is 4.82. The van der Waals surface area contributed by atoms with Crippen LogP contribution in [0, 0.1) is 22.7 Å². The van der Waals surface area contributed by atoms with E-state index in [-0.39, 0.29) is 0 Å². The Bertz CT molecular complexity index is 267. The molecule has 3 atom stereocenters. The molecule has 19 heavy (non-hydrogen) atoms. The summed E-state index contributed by atoms with van der Waals surface area (Å²) in [5.41, 5.74) is 1.01. The van der Waals surface area contributed by atoms with E-state index in [1.165, 1.54) is 38.5 Å². The van der Waals surface area contributed by atoms with Crippen LogP contribution in [-0.4, -0.2) is 6.56 Å². The average molecular weight is 282 g/mol. The smallest absolute Gasteiger partial charge is 0.190 e. The molecular weight excluding hydrogens is 247 g/mol. The van der Waals surface area contributed by atoms with Gasteiger partial charge in [0.05, 0.1) is 0 Å². The number of hydrogen-bond acceptors (Lipinski definition) is 1.